The Bertz CT molecular complexity index is 339. The molecule has 1 aromatic carbocycles. The quantitative estimate of drug-likeness (QED) is 0.728. The maximum Gasteiger partial charge on any atom is 0.210 e. The molecule has 1 amide bonds. The van der Waals surface area contributed by atoms with Crippen LogP contribution in [0.3, 0.4) is 0 Å². The number of carbonyl (C=O) groups is 1. The first-order chi connectivity index (χ1) is 7.27. The van der Waals surface area contributed by atoms with Gasteiger partial charge in [-0.2, -0.15) is 0 Å². The molecule has 1 heterocycles. The summed E-state index contributed by atoms with van der Waals surface area (Å²) < 4.78 is 0. The number of nitrogens with one attached hydrogen (secondary N) is 1. The second-order valence-electron chi connectivity index (χ2n) is 4.12. The molecule has 3 nitrogen and oxygen atoms in total. The molecule has 0 saturated carbocycles. The predicted molar refractivity (Wildman–Crippen MR) is 59.4 cm³/mol. The van der Waals surface area contributed by atoms with Crippen molar-refractivity contribution < 1.29 is 4.79 Å². The molecule has 1 fully saturated rings. The third-order valence-corrected chi connectivity index (χ3v) is 3.16. The molecule has 1 unspecified atom stereocenters. The normalized spacial score (nSPS) is 26.3. The number of hydrogen-bond donors (Lipinski definition) is 1. The van der Waals surface area contributed by atoms with E-state index in [9.17, 15) is 4.79 Å². The minimum atomic E-state index is -0.207. The fourth-order valence-electron chi connectivity index (χ4n) is 2.11. The lowest BCUT2D eigenvalue weighted by atomic mass is 9.89. The molecule has 3 heteroatoms. The summed E-state index contributed by atoms with van der Waals surface area (Å²) in [6, 6.07) is 10.2. The molecule has 2 rings (SSSR count). The molecule has 80 valence electrons. The van der Waals surface area contributed by atoms with Gasteiger partial charge in [0.15, 0.2) is 0 Å². The van der Waals surface area contributed by atoms with Gasteiger partial charge in [-0.1, -0.05) is 30.3 Å². The lowest BCUT2D eigenvalue weighted by molar-refractivity contribution is -0.125. The molecule has 0 spiro atoms. The van der Waals surface area contributed by atoms with Crippen LogP contribution < -0.4 is 5.32 Å². The zero-order chi connectivity index (χ0) is 10.7. The van der Waals surface area contributed by atoms with Crippen molar-refractivity contribution in [3.8, 4) is 0 Å². The van der Waals surface area contributed by atoms with Crippen LogP contribution in [-0.4, -0.2) is 30.9 Å². The molecule has 1 aromatic rings. The molecule has 1 atom stereocenters. The van der Waals surface area contributed by atoms with Crippen LogP contribution >= 0.6 is 0 Å². The van der Waals surface area contributed by atoms with Gasteiger partial charge in [-0.05, 0) is 12.5 Å². The zero-order valence-electron chi connectivity index (χ0n) is 8.94. The van der Waals surface area contributed by atoms with E-state index < -0.39 is 0 Å². The molecule has 1 aliphatic rings. The molecule has 0 aromatic heterocycles. The van der Waals surface area contributed by atoms with Crippen LogP contribution in [0.5, 0.6) is 0 Å². The fourth-order valence-corrected chi connectivity index (χ4v) is 2.11. The Balaban J connectivity index is 2.34. The fraction of sp³-hybridized carbons (Fsp3) is 0.417. The molecule has 15 heavy (non-hydrogen) atoms. The molecular formula is C12H16N2O. The van der Waals surface area contributed by atoms with E-state index in [2.05, 4.69) is 24.4 Å². The van der Waals surface area contributed by atoms with Gasteiger partial charge >= 0.3 is 0 Å². The van der Waals surface area contributed by atoms with Crippen molar-refractivity contribution in [3.63, 3.8) is 0 Å². The highest BCUT2D eigenvalue weighted by Crippen LogP contribution is 2.27. The van der Waals surface area contributed by atoms with Gasteiger partial charge in [-0.25, -0.2) is 0 Å². The van der Waals surface area contributed by atoms with E-state index in [1.54, 1.807) is 0 Å². The molecule has 0 radical (unpaired) electrons. The minimum Gasteiger partial charge on any atom is -0.333 e. The molecule has 0 bridgehead atoms. The number of benzene rings is 1. The summed E-state index contributed by atoms with van der Waals surface area (Å²) in [6.07, 6.45) is 0.952. The third-order valence-electron chi connectivity index (χ3n) is 3.16. The van der Waals surface area contributed by atoms with Gasteiger partial charge in [0.2, 0.25) is 6.41 Å². The van der Waals surface area contributed by atoms with Crippen LogP contribution in [0.1, 0.15) is 12.5 Å². The van der Waals surface area contributed by atoms with Crippen LogP contribution in [0.25, 0.3) is 0 Å². The van der Waals surface area contributed by atoms with Gasteiger partial charge in [-0.3, -0.25) is 4.79 Å². The lowest BCUT2D eigenvalue weighted by Gasteiger charge is -2.43. The van der Waals surface area contributed by atoms with Crippen LogP contribution in [-0.2, 0) is 10.3 Å². The predicted octanol–water partition coefficient (Wildman–Crippen LogP) is 0.963. The highest BCUT2D eigenvalue weighted by Gasteiger charge is 2.34. The Labute approximate surface area is 90.1 Å². The number of amides is 1. The lowest BCUT2D eigenvalue weighted by Crippen LogP contribution is -2.56. The van der Waals surface area contributed by atoms with Gasteiger partial charge < -0.3 is 10.2 Å². The van der Waals surface area contributed by atoms with Crippen molar-refractivity contribution in [3.05, 3.63) is 35.9 Å². The van der Waals surface area contributed by atoms with E-state index >= 15 is 0 Å². The van der Waals surface area contributed by atoms with E-state index in [1.807, 2.05) is 23.1 Å². The van der Waals surface area contributed by atoms with Crippen molar-refractivity contribution in [1.29, 1.82) is 0 Å². The number of hydrogen-bond acceptors (Lipinski definition) is 2. The Morgan fingerprint density at radius 3 is 2.80 bits per heavy atom. The van der Waals surface area contributed by atoms with Crippen LogP contribution in [0, 0.1) is 0 Å². The second-order valence-corrected chi connectivity index (χ2v) is 4.12. The topological polar surface area (TPSA) is 32.3 Å². The molecule has 1 N–H and O–H groups in total. The van der Waals surface area contributed by atoms with E-state index in [1.165, 1.54) is 5.56 Å². The molecule has 1 aliphatic heterocycles. The van der Waals surface area contributed by atoms with Gasteiger partial charge in [0.1, 0.15) is 0 Å². The van der Waals surface area contributed by atoms with Crippen LogP contribution in [0.4, 0.5) is 0 Å². The van der Waals surface area contributed by atoms with E-state index in [-0.39, 0.29) is 5.54 Å². The van der Waals surface area contributed by atoms with Crippen LogP contribution in [0.15, 0.2) is 30.3 Å². The summed E-state index contributed by atoms with van der Waals surface area (Å²) in [5, 5.41) is 3.34. The van der Waals surface area contributed by atoms with Crippen molar-refractivity contribution in [2.75, 3.05) is 19.6 Å². The Kier molecular flexibility index (Phi) is 2.73. The number of rotatable bonds is 2. The summed E-state index contributed by atoms with van der Waals surface area (Å²) in [6.45, 7) is 4.56. The second kappa shape index (κ2) is 4.03. The molecule has 0 aliphatic carbocycles. The zero-order valence-corrected chi connectivity index (χ0v) is 8.94. The first kappa shape index (κ1) is 10.2. The van der Waals surface area contributed by atoms with Gasteiger partial charge in [0, 0.05) is 19.6 Å². The molecule has 1 saturated heterocycles. The monoisotopic (exact) mass is 204 g/mol. The largest absolute Gasteiger partial charge is 0.333 e. The van der Waals surface area contributed by atoms with Crippen LogP contribution in [0.2, 0.25) is 0 Å². The van der Waals surface area contributed by atoms with Gasteiger partial charge in [0.25, 0.3) is 0 Å². The maximum atomic E-state index is 11.0. The van der Waals surface area contributed by atoms with Crippen molar-refractivity contribution in [1.82, 2.24) is 10.2 Å². The summed E-state index contributed by atoms with van der Waals surface area (Å²) in [5.41, 5.74) is 0.977. The first-order valence-electron chi connectivity index (χ1n) is 5.26. The summed E-state index contributed by atoms with van der Waals surface area (Å²) >= 11 is 0. The smallest absolute Gasteiger partial charge is 0.210 e. The average Bonchev–Trinajstić information content (AvgIpc) is 2.31. The Morgan fingerprint density at radius 2 is 2.13 bits per heavy atom. The Hall–Kier alpha value is -1.35. The van der Waals surface area contributed by atoms with E-state index in [0.29, 0.717) is 0 Å². The third kappa shape index (κ3) is 1.75. The van der Waals surface area contributed by atoms with Crippen molar-refractivity contribution in [2.24, 2.45) is 0 Å². The number of nitrogens with zero attached hydrogens (tertiary/aromatic N) is 1. The Morgan fingerprint density at radius 1 is 1.40 bits per heavy atom. The highest BCUT2D eigenvalue weighted by molar-refractivity contribution is 5.51. The summed E-state index contributed by atoms with van der Waals surface area (Å²) in [4.78, 5) is 12.9. The SMILES string of the molecule is CC1(c2ccccc2)CNCCN1C=O. The maximum absolute atomic E-state index is 11.0. The highest BCUT2D eigenvalue weighted by atomic mass is 16.1. The average molecular weight is 204 g/mol. The summed E-state index contributed by atoms with van der Waals surface area (Å²) in [5.74, 6) is 0. The van der Waals surface area contributed by atoms with Gasteiger partial charge in [-0.15, -0.1) is 0 Å². The van der Waals surface area contributed by atoms with Crippen molar-refractivity contribution >= 4 is 6.41 Å². The van der Waals surface area contributed by atoms with E-state index in [4.69, 9.17) is 0 Å². The van der Waals surface area contributed by atoms with Gasteiger partial charge in [0.05, 0.1) is 5.54 Å². The number of piperazine rings is 1. The number of carbonyl (C=O) groups excluding carboxylic acids is 1. The summed E-state index contributed by atoms with van der Waals surface area (Å²) in [7, 11) is 0. The minimum absolute atomic E-state index is 0.207. The first-order valence-corrected chi connectivity index (χ1v) is 5.26. The van der Waals surface area contributed by atoms with E-state index in [0.717, 1.165) is 26.0 Å². The molecular weight excluding hydrogens is 188 g/mol. The van der Waals surface area contributed by atoms with Crippen molar-refractivity contribution in [2.45, 2.75) is 12.5 Å². The standard InChI is InChI=1S/C12H16N2O/c1-12(11-5-3-2-4-6-11)9-13-7-8-14(12)10-15/h2-6,10,13H,7-9H2,1H3.